The highest BCUT2D eigenvalue weighted by molar-refractivity contribution is 7.98. The number of hydrogen-bond donors (Lipinski definition) is 4. The first-order valence-electron chi connectivity index (χ1n) is 3.60. The standard InChI is InChI=1S/C7H9ClN4OS/c8-12-7(10)14-5-2-1-4(3-11-5)6(9)13/h1-3,12,14H,10H2,(H2,9,13). The number of aromatic nitrogens is 1. The summed E-state index contributed by atoms with van der Waals surface area (Å²) in [5.41, 5.74) is 10.8. The largest absolute Gasteiger partial charge is 0.366 e. The van der Waals surface area contributed by atoms with E-state index in [-0.39, 0.29) is 0 Å². The average molecular weight is 233 g/mol. The number of carbonyl (C=O) groups is 1. The Kier molecular flexibility index (Phi) is 4.02. The van der Waals surface area contributed by atoms with Crippen LogP contribution < -0.4 is 16.3 Å². The smallest absolute Gasteiger partial charge is 0.250 e. The summed E-state index contributed by atoms with van der Waals surface area (Å²) in [4.78, 5) is 17.0. The fourth-order valence-electron chi connectivity index (χ4n) is 0.742. The summed E-state index contributed by atoms with van der Waals surface area (Å²) >= 11 is 5.92. The zero-order chi connectivity index (χ0) is 10.6. The van der Waals surface area contributed by atoms with Gasteiger partial charge < -0.3 is 5.73 Å². The van der Waals surface area contributed by atoms with Crippen LogP contribution in [0.3, 0.4) is 0 Å². The van der Waals surface area contributed by atoms with E-state index in [1.54, 1.807) is 12.1 Å². The van der Waals surface area contributed by atoms with E-state index in [1.807, 2.05) is 0 Å². The number of thiol groups is 1. The number of nitrogens with two attached hydrogens (primary N) is 2. The first-order valence-corrected chi connectivity index (χ1v) is 4.87. The van der Waals surface area contributed by atoms with Crippen LogP contribution >= 0.6 is 23.1 Å². The maximum atomic E-state index is 10.7. The quantitative estimate of drug-likeness (QED) is 0.323. The highest BCUT2D eigenvalue weighted by Crippen LogP contribution is 2.07. The predicted octanol–water partition coefficient (Wildman–Crippen LogP) is -0.206. The van der Waals surface area contributed by atoms with Gasteiger partial charge in [0, 0.05) is 6.20 Å². The molecule has 1 heterocycles. The molecule has 1 aromatic heterocycles. The Hall–Kier alpha value is -0.950. The van der Waals surface area contributed by atoms with Gasteiger partial charge in [-0.25, -0.2) is 4.98 Å². The lowest BCUT2D eigenvalue weighted by Crippen LogP contribution is -2.21. The van der Waals surface area contributed by atoms with Crippen LogP contribution in [0, 0.1) is 0 Å². The molecular formula is C7H9ClN4OS. The number of amides is 1. The van der Waals surface area contributed by atoms with Gasteiger partial charge in [0.25, 0.3) is 0 Å². The molecule has 1 rings (SSSR count). The molecule has 5 nitrogen and oxygen atoms in total. The highest BCUT2D eigenvalue weighted by atomic mass is 35.5. The van der Waals surface area contributed by atoms with Crippen molar-refractivity contribution in [3.63, 3.8) is 0 Å². The van der Waals surface area contributed by atoms with Crippen LogP contribution in [0.25, 0.3) is 0 Å². The van der Waals surface area contributed by atoms with Crippen molar-refractivity contribution in [3.8, 4) is 0 Å². The summed E-state index contributed by atoms with van der Waals surface area (Å²) in [5.74, 6) is -0.506. The maximum absolute atomic E-state index is 10.7. The molecule has 1 amide bonds. The van der Waals surface area contributed by atoms with Crippen molar-refractivity contribution >= 4 is 34.1 Å². The van der Waals surface area contributed by atoms with Crippen LogP contribution in [-0.4, -0.2) is 16.0 Å². The van der Waals surface area contributed by atoms with E-state index in [4.69, 9.17) is 23.2 Å². The van der Waals surface area contributed by atoms with Gasteiger partial charge in [0.2, 0.25) is 5.91 Å². The van der Waals surface area contributed by atoms with Crippen molar-refractivity contribution in [2.24, 2.45) is 11.5 Å². The molecule has 0 saturated heterocycles. The van der Waals surface area contributed by atoms with Gasteiger partial charge in [-0.05, 0) is 23.9 Å². The van der Waals surface area contributed by atoms with Gasteiger partial charge in [0.05, 0.1) is 15.7 Å². The molecule has 0 spiro atoms. The molecule has 76 valence electrons. The van der Waals surface area contributed by atoms with Gasteiger partial charge in [0.1, 0.15) is 0 Å². The minimum absolute atomic E-state index is 0.362. The van der Waals surface area contributed by atoms with Gasteiger partial charge in [-0.1, -0.05) is 0 Å². The third kappa shape index (κ3) is 3.08. The average Bonchev–Trinajstić information content (AvgIpc) is 2.18. The number of nitrogens with one attached hydrogen (secondary N) is 1. The lowest BCUT2D eigenvalue weighted by molar-refractivity contribution is 0.1000. The molecular weight excluding hydrogens is 224 g/mol. The Morgan fingerprint density at radius 2 is 2.21 bits per heavy atom. The molecule has 0 saturated carbocycles. The van der Waals surface area contributed by atoms with Crippen molar-refractivity contribution < 1.29 is 4.79 Å². The second kappa shape index (κ2) is 5.06. The molecule has 0 aliphatic rings. The van der Waals surface area contributed by atoms with Crippen LogP contribution in [0.5, 0.6) is 0 Å². The fourth-order valence-corrected chi connectivity index (χ4v) is 1.42. The van der Waals surface area contributed by atoms with Gasteiger partial charge in [-0.15, -0.1) is 11.4 Å². The highest BCUT2D eigenvalue weighted by Gasteiger charge is 1.99. The van der Waals surface area contributed by atoms with Crippen LogP contribution in [0.2, 0.25) is 0 Å². The number of nitrogens with zero attached hydrogens (tertiary/aromatic N) is 1. The number of carbonyl (C=O) groups excluding carboxylic acids is 1. The number of rotatable bonds is 2. The Morgan fingerprint density at radius 3 is 2.64 bits per heavy atom. The summed E-state index contributed by atoms with van der Waals surface area (Å²) in [6.07, 6.45) is 1.40. The molecule has 5 N–H and O–H groups in total. The van der Waals surface area contributed by atoms with E-state index < -0.39 is 5.91 Å². The third-order valence-corrected chi connectivity index (χ3v) is 2.55. The minimum atomic E-state index is -0.506. The van der Waals surface area contributed by atoms with Crippen molar-refractivity contribution in [1.82, 2.24) is 9.82 Å². The Morgan fingerprint density at radius 1 is 1.50 bits per heavy atom. The van der Waals surface area contributed by atoms with Gasteiger partial charge in [-0.2, -0.15) is 4.84 Å². The molecule has 0 aromatic carbocycles. The first-order chi connectivity index (χ1) is 6.63. The van der Waals surface area contributed by atoms with Gasteiger partial charge >= 0.3 is 0 Å². The second-order valence-corrected chi connectivity index (χ2v) is 3.71. The predicted molar refractivity (Wildman–Crippen MR) is 58.2 cm³/mol. The molecule has 0 atom stereocenters. The van der Waals surface area contributed by atoms with E-state index in [0.29, 0.717) is 27.1 Å². The van der Waals surface area contributed by atoms with Crippen molar-refractivity contribution in [3.05, 3.63) is 23.9 Å². The number of primary amides is 1. The summed E-state index contributed by atoms with van der Waals surface area (Å²) in [6.45, 7) is 0. The Bertz CT molecular complexity index is 364. The second-order valence-electron chi connectivity index (χ2n) is 2.36. The summed E-state index contributed by atoms with van der Waals surface area (Å²) in [6, 6.07) is 3.24. The zero-order valence-corrected chi connectivity index (χ0v) is 8.72. The van der Waals surface area contributed by atoms with E-state index in [1.165, 1.54) is 6.20 Å². The van der Waals surface area contributed by atoms with Crippen LogP contribution in [0.1, 0.15) is 10.4 Å². The molecule has 0 unspecified atom stereocenters. The number of halogens is 1. The van der Waals surface area contributed by atoms with Crippen molar-refractivity contribution in [2.75, 3.05) is 0 Å². The first kappa shape index (κ1) is 11.1. The molecule has 0 bridgehead atoms. The fraction of sp³-hybridized carbons (Fsp3) is 0. The van der Waals surface area contributed by atoms with E-state index >= 15 is 0 Å². The lowest BCUT2D eigenvalue weighted by Gasteiger charge is -1.98. The summed E-state index contributed by atoms with van der Waals surface area (Å²) < 4.78 is 0. The van der Waals surface area contributed by atoms with Gasteiger partial charge in [0.15, 0.2) is 0 Å². The van der Waals surface area contributed by atoms with E-state index in [9.17, 15) is 4.79 Å². The molecule has 0 radical (unpaired) electrons. The molecule has 1 aromatic rings. The third-order valence-electron chi connectivity index (χ3n) is 1.36. The number of hydrogen-bond acceptors (Lipinski definition) is 2. The zero-order valence-electron chi connectivity index (χ0n) is 7.07. The lowest BCUT2D eigenvalue weighted by atomic mass is 10.3. The van der Waals surface area contributed by atoms with E-state index in [2.05, 4.69) is 9.82 Å². The molecule has 0 fully saturated rings. The van der Waals surface area contributed by atoms with Crippen LogP contribution in [0.4, 0.5) is 0 Å². The minimum Gasteiger partial charge on any atom is -0.366 e. The SMILES string of the molecule is NC(=O)c1ccc([SH]=C(N)NCl)nc1. The number of pyridine rings is 1. The molecule has 0 aliphatic heterocycles. The Balaban J connectivity index is 2.89. The summed E-state index contributed by atoms with van der Waals surface area (Å²) in [7, 11) is 0. The maximum Gasteiger partial charge on any atom is 0.250 e. The topological polar surface area (TPSA) is 94.0 Å². The normalized spacial score (nSPS) is 12.0. The summed E-state index contributed by atoms with van der Waals surface area (Å²) in [5, 5.41) is 1.05. The molecule has 7 heteroatoms. The monoisotopic (exact) mass is 232 g/mol. The van der Waals surface area contributed by atoms with Crippen LogP contribution in [0.15, 0.2) is 23.4 Å². The van der Waals surface area contributed by atoms with Crippen LogP contribution in [-0.2, 0) is 0 Å². The molecule has 14 heavy (non-hydrogen) atoms. The van der Waals surface area contributed by atoms with Gasteiger partial charge in [-0.3, -0.25) is 10.5 Å². The van der Waals surface area contributed by atoms with Crippen molar-refractivity contribution in [2.45, 2.75) is 5.03 Å². The Labute approximate surface area is 89.5 Å². The van der Waals surface area contributed by atoms with Crippen molar-refractivity contribution in [1.29, 1.82) is 0 Å². The molecule has 0 aliphatic carbocycles. The van der Waals surface area contributed by atoms with E-state index in [0.717, 1.165) is 0 Å².